The van der Waals surface area contributed by atoms with Crippen LogP contribution in [0.3, 0.4) is 0 Å². The minimum atomic E-state index is -0.275. The maximum atomic E-state index is 10.9. The molecule has 0 atom stereocenters. The van der Waals surface area contributed by atoms with E-state index in [1.165, 1.54) is 4.90 Å². The van der Waals surface area contributed by atoms with Crippen molar-refractivity contribution < 1.29 is 4.79 Å². The summed E-state index contributed by atoms with van der Waals surface area (Å²) in [5, 5.41) is 0.553. The summed E-state index contributed by atoms with van der Waals surface area (Å²) < 4.78 is 0. The number of carbonyl (C=O) groups excluding carboxylic acids is 1. The first-order chi connectivity index (χ1) is 5.63. The first-order valence-corrected chi connectivity index (χ1v) is 3.85. The zero-order valence-electron chi connectivity index (χ0n) is 6.75. The van der Waals surface area contributed by atoms with Crippen molar-refractivity contribution in [3.63, 3.8) is 0 Å². The Labute approximate surface area is 76.8 Å². The van der Waals surface area contributed by atoms with E-state index in [0.29, 0.717) is 10.7 Å². The third-order valence-corrected chi connectivity index (χ3v) is 1.91. The van der Waals surface area contributed by atoms with Crippen LogP contribution in [0.15, 0.2) is 24.3 Å². The number of rotatable bonds is 1. The van der Waals surface area contributed by atoms with Crippen LogP contribution < -0.4 is 4.90 Å². The van der Waals surface area contributed by atoms with Gasteiger partial charge < -0.3 is 4.90 Å². The van der Waals surface area contributed by atoms with Crippen molar-refractivity contribution in [3.8, 4) is 0 Å². The van der Waals surface area contributed by atoms with Gasteiger partial charge >= 0.3 is 0 Å². The topological polar surface area (TPSA) is 20.3 Å². The van der Waals surface area contributed by atoms with Crippen molar-refractivity contribution in [3.05, 3.63) is 36.2 Å². The van der Waals surface area contributed by atoms with Crippen molar-refractivity contribution in [1.82, 2.24) is 0 Å². The van der Waals surface area contributed by atoms with E-state index >= 15 is 0 Å². The second-order valence-electron chi connectivity index (χ2n) is 2.40. The third kappa shape index (κ3) is 1.77. The van der Waals surface area contributed by atoms with Gasteiger partial charge in [-0.05, 0) is 12.1 Å². The van der Waals surface area contributed by atoms with E-state index in [1.54, 1.807) is 19.2 Å². The van der Waals surface area contributed by atoms with Crippen LogP contribution in [0.4, 0.5) is 5.69 Å². The monoisotopic (exact) mass is 182 g/mol. The molecule has 0 heterocycles. The van der Waals surface area contributed by atoms with Gasteiger partial charge in [0.15, 0.2) is 0 Å². The molecule has 0 aliphatic carbocycles. The van der Waals surface area contributed by atoms with Crippen molar-refractivity contribution in [2.75, 3.05) is 11.9 Å². The lowest BCUT2D eigenvalue weighted by Crippen LogP contribution is -2.23. The van der Waals surface area contributed by atoms with Gasteiger partial charge in [-0.3, -0.25) is 4.79 Å². The lowest BCUT2D eigenvalue weighted by atomic mass is 10.3. The van der Waals surface area contributed by atoms with Crippen LogP contribution in [0.2, 0.25) is 5.02 Å². The van der Waals surface area contributed by atoms with Gasteiger partial charge in [0.25, 0.3) is 0 Å². The first kappa shape index (κ1) is 9.07. The highest BCUT2D eigenvalue weighted by Gasteiger charge is 2.07. The molecule has 2 nitrogen and oxygen atoms in total. The number of nitrogens with zero attached hydrogens (tertiary/aromatic N) is 1. The highest BCUT2D eigenvalue weighted by atomic mass is 35.5. The number of halogens is 1. The molecule has 12 heavy (non-hydrogen) atoms. The van der Waals surface area contributed by atoms with E-state index < -0.39 is 0 Å². The zero-order valence-corrected chi connectivity index (χ0v) is 7.51. The summed E-state index contributed by atoms with van der Waals surface area (Å²) >= 11 is 5.84. The predicted octanol–water partition coefficient (Wildman–Crippen LogP) is 2.14. The molecule has 3 heteroatoms. The van der Waals surface area contributed by atoms with E-state index in [4.69, 9.17) is 11.6 Å². The van der Waals surface area contributed by atoms with Crippen LogP contribution in [0, 0.1) is 6.92 Å². The Morgan fingerprint density at radius 1 is 1.50 bits per heavy atom. The Hall–Kier alpha value is -1.02. The van der Waals surface area contributed by atoms with Gasteiger partial charge in [0.1, 0.15) is 0 Å². The largest absolute Gasteiger partial charge is 0.314 e. The Morgan fingerprint density at radius 2 is 2.08 bits per heavy atom. The fourth-order valence-electron chi connectivity index (χ4n) is 0.858. The molecule has 0 bridgehead atoms. The maximum absolute atomic E-state index is 10.9. The molecule has 0 unspecified atom stereocenters. The number of benzene rings is 1. The van der Waals surface area contributed by atoms with E-state index in [2.05, 4.69) is 6.92 Å². The number of hydrogen-bond donors (Lipinski definition) is 0. The molecule has 0 saturated carbocycles. The van der Waals surface area contributed by atoms with Crippen molar-refractivity contribution in [1.29, 1.82) is 0 Å². The van der Waals surface area contributed by atoms with E-state index in [-0.39, 0.29) is 5.91 Å². The van der Waals surface area contributed by atoms with Crippen molar-refractivity contribution in [2.45, 2.75) is 0 Å². The van der Waals surface area contributed by atoms with Gasteiger partial charge in [0.2, 0.25) is 5.91 Å². The van der Waals surface area contributed by atoms with E-state index in [0.717, 1.165) is 0 Å². The quantitative estimate of drug-likeness (QED) is 0.652. The standard InChI is InChI=1S/C9H9ClNO/c1-7(12)11(2)9-6-4-3-5-8(9)10/h3-6H,1H2,2H3. The molecule has 0 fully saturated rings. The molecule has 1 aromatic carbocycles. The number of para-hydroxylation sites is 1. The molecule has 1 amide bonds. The SMILES string of the molecule is [CH2]C(=O)N(C)c1ccccc1Cl. The molecule has 0 N–H and O–H groups in total. The average Bonchev–Trinajstić information content (AvgIpc) is 2.04. The molecule has 0 spiro atoms. The Balaban J connectivity index is 3.02. The Kier molecular flexibility index (Phi) is 2.71. The fourth-order valence-corrected chi connectivity index (χ4v) is 1.12. The van der Waals surface area contributed by atoms with Crippen molar-refractivity contribution in [2.24, 2.45) is 0 Å². The highest BCUT2D eigenvalue weighted by Crippen LogP contribution is 2.23. The predicted molar refractivity (Wildman–Crippen MR) is 50.2 cm³/mol. The second kappa shape index (κ2) is 3.59. The van der Waals surface area contributed by atoms with E-state index in [9.17, 15) is 4.79 Å². The third-order valence-electron chi connectivity index (χ3n) is 1.59. The molecule has 63 valence electrons. The molecule has 0 aromatic heterocycles. The van der Waals surface area contributed by atoms with Crippen LogP contribution in [-0.2, 0) is 4.79 Å². The minimum absolute atomic E-state index is 0.275. The maximum Gasteiger partial charge on any atom is 0.227 e. The molecule has 1 aromatic rings. The van der Waals surface area contributed by atoms with Gasteiger partial charge in [-0.15, -0.1) is 0 Å². The average molecular weight is 183 g/mol. The fraction of sp³-hybridized carbons (Fsp3) is 0.111. The van der Waals surface area contributed by atoms with Crippen LogP contribution >= 0.6 is 11.6 Å². The number of amides is 1. The molecule has 0 aliphatic rings. The van der Waals surface area contributed by atoms with E-state index in [1.807, 2.05) is 12.1 Å². The Bertz CT molecular complexity index is 298. The van der Waals surface area contributed by atoms with Gasteiger partial charge in [0.05, 0.1) is 10.7 Å². The highest BCUT2D eigenvalue weighted by molar-refractivity contribution is 6.33. The molecular weight excluding hydrogens is 174 g/mol. The number of hydrogen-bond acceptors (Lipinski definition) is 1. The van der Waals surface area contributed by atoms with Gasteiger partial charge in [-0.1, -0.05) is 23.7 Å². The van der Waals surface area contributed by atoms with Gasteiger partial charge in [-0.2, -0.15) is 0 Å². The summed E-state index contributed by atoms with van der Waals surface area (Å²) in [6.07, 6.45) is 0. The molecule has 0 aliphatic heterocycles. The summed E-state index contributed by atoms with van der Waals surface area (Å²) in [4.78, 5) is 12.3. The van der Waals surface area contributed by atoms with Crippen LogP contribution in [0.5, 0.6) is 0 Å². The smallest absolute Gasteiger partial charge is 0.227 e. The number of anilines is 1. The normalized spacial score (nSPS) is 9.58. The second-order valence-corrected chi connectivity index (χ2v) is 2.81. The van der Waals surface area contributed by atoms with Crippen molar-refractivity contribution >= 4 is 23.2 Å². The van der Waals surface area contributed by atoms with Crippen LogP contribution in [0.25, 0.3) is 0 Å². The summed E-state index contributed by atoms with van der Waals surface area (Å²) in [7, 11) is 1.64. The molecule has 1 rings (SSSR count). The molecular formula is C9H9ClNO. The van der Waals surface area contributed by atoms with Gasteiger partial charge in [0, 0.05) is 14.0 Å². The summed E-state index contributed by atoms with van der Waals surface area (Å²) in [6, 6.07) is 7.13. The first-order valence-electron chi connectivity index (χ1n) is 3.47. The van der Waals surface area contributed by atoms with Crippen LogP contribution in [0.1, 0.15) is 0 Å². The lowest BCUT2D eigenvalue weighted by molar-refractivity contribution is -0.114. The van der Waals surface area contributed by atoms with Gasteiger partial charge in [-0.25, -0.2) is 0 Å². The summed E-state index contributed by atoms with van der Waals surface area (Å²) in [6.45, 7) is 3.28. The molecule has 0 saturated heterocycles. The summed E-state index contributed by atoms with van der Waals surface area (Å²) in [5.41, 5.74) is 0.680. The van der Waals surface area contributed by atoms with Crippen LogP contribution in [-0.4, -0.2) is 13.0 Å². The summed E-state index contributed by atoms with van der Waals surface area (Å²) in [5.74, 6) is -0.275. The lowest BCUT2D eigenvalue weighted by Gasteiger charge is -2.15. The number of carbonyl (C=O) groups is 1. The zero-order chi connectivity index (χ0) is 9.14. The Morgan fingerprint density at radius 3 is 2.58 bits per heavy atom. The molecule has 1 radical (unpaired) electrons. The minimum Gasteiger partial charge on any atom is -0.314 e.